The number of nitrogens with zero attached hydrogens (tertiary/aromatic N) is 2. The third-order valence-corrected chi connectivity index (χ3v) is 7.43. The molecule has 0 bridgehead atoms. The first-order chi connectivity index (χ1) is 13.7. The van der Waals surface area contributed by atoms with Gasteiger partial charge in [0.15, 0.2) is 0 Å². The van der Waals surface area contributed by atoms with Crippen LogP contribution in [0, 0.1) is 0 Å². The highest BCUT2D eigenvalue weighted by atomic mass is 32.2. The zero-order chi connectivity index (χ0) is 23.3. The number of unbranched alkanes of at least 4 members (excludes halogenated alkanes) is 1. The summed E-state index contributed by atoms with van der Waals surface area (Å²) in [6.45, 7) is 13.0. The van der Waals surface area contributed by atoms with Crippen LogP contribution in [0.3, 0.4) is 0 Å². The Labute approximate surface area is 185 Å². The molecule has 0 atom stereocenters. The molecule has 0 amide bonds. The van der Waals surface area contributed by atoms with Gasteiger partial charge in [0.1, 0.15) is 0 Å². The highest BCUT2D eigenvalue weighted by molar-refractivity contribution is 7.86. The smallest absolute Gasteiger partial charge is 0.0945 e. The lowest BCUT2D eigenvalue weighted by atomic mass is 10.4. The van der Waals surface area contributed by atoms with E-state index in [9.17, 15) is 25.9 Å². The van der Waals surface area contributed by atoms with E-state index in [0.717, 1.165) is 0 Å². The van der Waals surface area contributed by atoms with E-state index in [2.05, 4.69) is 27.9 Å². The summed E-state index contributed by atoms with van der Waals surface area (Å²) in [6.07, 6.45) is 8.33. The first-order valence-corrected chi connectivity index (χ1v) is 14.4. The molecule has 0 radical (unpaired) electrons. The zero-order valence-corrected chi connectivity index (χ0v) is 21.1. The van der Waals surface area contributed by atoms with E-state index in [1.54, 1.807) is 0 Å². The molecular formula is C20H44N2O6S2. The lowest BCUT2D eigenvalue weighted by molar-refractivity contribution is -0.897. The highest BCUT2D eigenvalue weighted by Crippen LogP contribution is 2.16. The Morgan fingerprint density at radius 2 is 0.900 bits per heavy atom. The molecule has 0 aromatic carbocycles. The Morgan fingerprint density at radius 1 is 0.633 bits per heavy atom. The van der Waals surface area contributed by atoms with Gasteiger partial charge in [-0.2, -0.15) is 0 Å². The molecule has 2 aliphatic rings. The molecule has 2 rings (SSSR count). The summed E-state index contributed by atoms with van der Waals surface area (Å²) in [5.41, 5.74) is 0. The third kappa shape index (κ3) is 16.4. The Kier molecular flexibility index (Phi) is 13.9. The van der Waals surface area contributed by atoms with Crippen LogP contribution in [0.4, 0.5) is 0 Å². The molecule has 182 valence electrons. The number of rotatable bonds is 9. The van der Waals surface area contributed by atoms with Crippen molar-refractivity contribution in [1.29, 1.82) is 0 Å². The summed E-state index contributed by atoms with van der Waals surface area (Å²) in [4.78, 5) is 0. The van der Waals surface area contributed by atoms with E-state index < -0.39 is 31.7 Å². The van der Waals surface area contributed by atoms with E-state index in [4.69, 9.17) is 0 Å². The van der Waals surface area contributed by atoms with Gasteiger partial charge < -0.3 is 18.1 Å². The molecule has 0 spiro atoms. The maximum Gasteiger partial charge on any atom is 0.0945 e. The summed E-state index contributed by atoms with van der Waals surface area (Å²) >= 11 is 0. The topological polar surface area (TPSA) is 114 Å². The molecule has 2 saturated heterocycles. The Balaban J connectivity index is 0.000000426. The Bertz CT molecular complexity index is 595. The largest absolute Gasteiger partial charge is 0.748 e. The number of quaternary nitrogens is 2. The fourth-order valence-corrected chi connectivity index (χ4v) is 5.40. The van der Waals surface area contributed by atoms with Crippen molar-refractivity contribution >= 4 is 20.2 Å². The van der Waals surface area contributed by atoms with Crippen LogP contribution in [0.2, 0.25) is 0 Å². The molecule has 0 aliphatic carbocycles. The molecule has 30 heavy (non-hydrogen) atoms. The second-order valence-electron chi connectivity index (χ2n) is 9.23. The van der Waals surface area contributed by atoms with Crippen molar-refractivity contribution in [2.75, 3.05) is 64.9 Å². The van der Waals surface area contributed by atoms with Gasteiger partial charge in [0.05, 0.1) is 73.6 Å². The lowest BCUT2D eigenvalue weighted by Gasteiger charge is -2.28. The van der Waals surface area contributed by atoms with Crippen LogP contribution < -0.4 is 0 Å². The summed E-state index contributed by atoms with van der Waals surface area (Å²) < 4.78 is 62.5. The molecule has 0 unspecified atom stereocenters. The second kappa shape index (κ2) is 14.0. The summed E-state index contributed by atoms with van der Waals surface area (Å²) in [5, 5.41) is 0. The van der Waals surface area contributed by atoms with Crippen LogP contribution >= 0.6 is 0 Å². The van der Waals surface area contributed by atoms with Gasteiger partial charge in [-0.15, -0.1) is 0 Å². The van der Waals surface area contributed by atoms with Crippen LogP contribution in [0.5, 0.6) is 0 Å². The fourth-order valence-electron chi connectivity index (χ4n) is 4.28. The summed E-state index contributed by atoms with van der Waals surface area (Å²) in [6, 6.07) is 0. The van der Waals surface area contributed by atoms with Crippen LogP contribution in [-0.4, -0.2) is 99.8 Å². The van der Waals surface area contributed by atoms with Gasteiger partial charge in [0.2, 0.25) is 0 Å². The van der Waals surface area contributed by atoms with Crippen molar-refractivity contribution in [1.82, 2.24) is 0 Å². The first kappa shape index (κ1) is 29.7. The quantitative estimate of drug-likeness (QED) is 0.288. The van der Waals surface area contributed by atoms with Gasteiger partial charge in [-0.05, 0) is 25.7 Å². The molecule has 2 heterocycles. The monoisotopic (exact) mass is 472 g/mol. The maximum absolute atomic E-state index is 9.97. The molecule has 10 heteroatoms. The van der Waals surface area contributed by atoms with Gasteiger partial charge in [-0.25, -0.2) is 16.8 Å². The number of likely N-dealkylation sites (tertiary alicyclic amines) is 2. The Morgan fingerprint density at radius 3 is 1.10 bits per heavy atom. The van der Waals surface area contributed by atoms with Gasteiger partial charge in [-0.1, -0.05) is 13.8 Å². The molecule has 2 fully saturated rings. The normalized spacial score (nSPS) is 20.1. The standard InChI is InChI=1S/2C8H18N.C4H10O6S2/c2*1-3-6-9(2)7-4-5-8-9;5-11(6,7)3-1-2-4-12(8,9)10/h2*3-8H2,1-2H3;1-4H2,(H,5,6,7)(H,8,9,10)/q2*+1;/p-2. The van der Waals surface area contributed by atoms with E-state index in [1.165, 1.54) is 86.8 Å². The summed E-state index contributed by atoms with van der Waals surface area (Å²) in [7, 11) is -3.81. The minimum absolute atomic E-state index is 0.0900. The van der Waals surface area contributed by atoms with E-state index in [1.807, 2.05) is 0 Å². The van der Waals surface area contributed by atoms with Crippen LogP contribution in [0.15, 0.2) is 0 Å². The fraction of sp³-hybridized carbons (Fsp3) is 1.00. The number of hydrogen-bond donors (Lipinski definition) is 0. The van der Waals surface area contributed by atoms with Crippen LogP contribution in [0.1, 0.15) is 65.2 Å². The number of hydrogen-bond acceptors (Lipinski definition) is 6. The van der Waals surface area contributed by atoms with Crippen molar-refractivity contribution in [2.24, 2.45) is 0 Å². The summed E-state index contributed by atoms with van der Waals surface area (Å²) in [5.74, 6) is -1.24. The van der Waals surface area contributed by atoms with Gasteiger partial charge in [-0.3, -0.25) is 0 Å². The average Bonchev–Trinajstić information content (AvgIpc) is 3.21. The predicted octanol–water partition coefficient (Wildman–Crippen LogP) is 2.13. The average molecular weight is 473 g/mol. The molecule has 0 aromatic rings. The zero-order valence-electron chi connectivity index (χ0n) is 19.5. The predicted molar refractivity (Wildman–Crippen MR) is 119 cm³/mol. The maximum atomic E-state index is 9.97. The van der Waals surface area contributed by atoms with Crippen molar-refractivity contribution < 1.29 is 34.9 Å². The molecule has 0 N–H and O–H groups in total. The molecule has 0 saturated carbocycles. The van der Waals surface area contributed by atoms with Gasteiger partial charge >= 0.3 is 0 Å². The van der Waals surface area contributed by atoms with E-state index in [-0.39, 0.29) is 12.8 Å². The minimum Gasteiger partial charge on any atom is -0.748 e. The van der Waals surface area contributed by atoms with Crippen molar-refractivity contribution in [3.05, 3.63) is 0 Å². The van der Waals surface area contributed by atoms with Gasteiger partial charge in [0.25, 0.3) is 0 Å². The van der Waals surface area contributed by atoms with E-state index >= 15 is 0 Å². The van der Waals surface area contributed by atoms with Crippen LogP contribution in [0.25, 0.3) is 0 Å². The van der Waals surface area contributed by atoms with Crippen LogP contribution in [-0.2, 0) is 20.2 Å². The molecular weight excluding hydrogens is 428 g/mol. The molecule has 2 aliphatic heterocycles. The third-order valence-electron chi connectivity index (χ3n) is 5.86. The highest BCUT2D eigenvalue weighted by Gasteiger charge is 2.25. The van der Waals surface area contributed by atoms with E-state index in [0.29, 0.717) is 0 Å². The van der Waals surface area contributed by atoms with Gasteiger partial charge in [0, 0.05) is 37.2 Å². The second-order valence-corrected chi connectivity index (χ2v) is 12.3. The van der Waals surface area contributed by atoms with Crippen molar-refractivity contribution in [3.8, 4) is 0 Å². The Hall–Kier alpha value is -0.260. The lowest BCUT2D eigenvalue weighted by Crippen LogP contribution is -2.41. The minimum atomic E-state index is -4.29. The SMILES string of the molecule is CCC[N+]1(C)CCCC1.CCC[N+]1(C)CCCC1.O=S(=O)([O-])CCCCS(=O)(=O)[O-]. The van der Waals surface area contributed by atoms with Crippen molar-refractivity contribution in [2.45, 2.75) is 65.2 Å². The van der Waals surface area contributed by atoms with Crippen molar-refractivity contribution in [3.63, 3.8) is 0 Å². The molecule has 8 nitrogen and oxygen atoms in total. The molecule has 0 aromatic heterocycles. The first-order valence-electron chi connectivity index (χ1n) is 11.3.